The van der Waals surface area contributed by atoms with Gasteiger partial charge in [0.25, 0.3) is 0 Å². The summed E-state index contributed by atoms with van der Waals surface area (Å²) in [5.74, 6) is 1.21. The molecule has 2 aromatic rings. The summed E-state index contributed by atoms with van der Waals surface area (Å²) in [7, 11) is 1.72. The van der Waals surface area contributed by atoms with E-state index in [1.807, 2.05) is 6.20 Å². The molecule has 0 bridgehead atoms. The number of hydrogen-bond donors (Lipinski definition) is 0. The monoisotopic (exact) mass is 312 g/mol. The van der Waals surface area contributed by atoms with E-state index in [4.69, 9.17) is 9.47 Å². The lowest BCUT2D eigenvalue weighted by Gasteiger charge is -2.12. The van der Waals surface area contributed by atoms with E-state index in [1.165, 1.54) is 16.6 Å². The zero-order valence-corrected chi connectivity index (χ0v) is 14.3. The molecule has 118 valence electrons. The van der Waals surface area contributed by atoms with Gasteiger partial charge in [0.2, 0.25) is 5.88 Å². The Kier molecular flexibility index (Phi) is 6.49. The highest BCUT2D eigenvalue weighted by Crippen LogP contribution is 2.30. The van der Waals surface area contributed by atoms with E-state index in [-0.39, 0.29) is 12.4 Å². The maximum atomic E-state index is 5.90. The Labute approximate surface area is 132 Å². The summed E-state index contributed by atoms with van der Waals surface area (Å²) in [5, 5.41) is 1.22. The highest BCUT2D eigenvalue weighted by molar-refractivity contribution is 5.88. The Morgan fingerprint density at radius 3 is 2.62 bits per heavy atom. The van der Waals surface area contributed by atoms with E-state index in [1.54, 1.807) is 7.11 Å². The summed E-state index contributed by atoms with van der Waals surface area (Å²) in [5.41, 5.74) is 3.62. The molecule has 0 aliphatic carbocycles. The van der Waals surface area contributed by atoms with Crippen molar-refractivity contribution < 1.29 is 9.47 Å². The van der Waals surface area contributed by atoms with Crippen molar-refractivity contribution in [3.8, 4) is 5.88 Å². The summed E-state index contributed by atoms with van der Waals surface area (Å²) in [6, 6.07) is 2.06. The molecular formula is C16H25ClN2O2. The van der Waals surface area contributed by atoms with E-state index >= 15 is 0 Å². The van der Waals surface area contributed by atoms with Gasteiger partial charge in [0.1, 0.15) is 5.52 Å². The van der Waals surface area contributed by atoms with Gasteiger partial charge in [-0.2, -0.15) is 0 Å². The molecular weight excluding hydrogens is 288 g/mol. The van der Waals surface area contributed by atoms with Crippen molar-refractivity contribution in [2.24, 2.45) is 5.92 Å². The quantitative estimate of drug-likeness (QED) is 0.815. The van der Waals surface area contributed by atoms with Crippen molar-refractivity contribution in [2.75, 3.05) is 20.3 Å². The van der Waals surface area contributed by atoms with Gasteiger partial charge >= 0.3 is 0 Å². The predicted octanol–water partition coefficient (Wildman–Crippen LogP) is 3.76. The minimum atomic E-state index is 0. The normalized spacial score (nSPS) is 11.0. The minimum Gasteiger partial charge on any atom is -0.476 e. The van der Waals surface area contributed by atoms with Crippen LogP contribution in [0.2, 0.25) is 0 Å². The first kappa shape index (κ1) is 17.8. The molecule has 4 nitrogen and oxygen atoms in total. The fourth-order valence-corrected chi connectivity index (χ4v) is 2.38. The first-order chi connectivity index (χ1) is 9.56. The zero-order chi connectivity index (χ0) is 14.7. The van der Waals surface area contributed by atoms with Crippen LogP contribution < -0.4 is 4.74 Å². The molecule has 0 amide bonds. The molecule has 0 aliphatic rings. The molecule has 0 N–H and O–H groups in total. The van der Waals surface area contributed by atoms with Crippen molar-refractivity contribution in [1.29, 1.82) is 0 Å². The molecule has 0 fully saturated rings. The molecule has 0 saturated carbocycles. The number of ether oxygens (including phenoxy) is 2. The first-order valence-corrected chi connectivity index (χ1v) is 7.12. The Morgan fingerprint density at radius 2 is 2.00 bits per heavy atom. The Bertz CT molecular complexity index is 593. The number of fused-ring (bicyclic) bond motifs is 1. The lowest BCUT2D eigenvalue weighted by molar-refractivity contribution is 0.187. The molecule has 5 heteroatoms. The van der Waals surface area contributed by atoms with Crippen LogP contribution in [0, 0.1) is 19.8 Å². The van der Waals surface area contributed by atoms with Gasteiger partial charge in [-0.05, 0) is 31.4 Å². The Hall–Kier alpha value is -1.26. The number of pyridine rings is 1. The van der Waals surface area contributed by atoms with Crippen LogP contribution >= 0.6 is 12.4 Å². The van der Waals surface area contributed by atoms with Crippen molar-refractivity contribution >= 4 is 23.3 Å². The van der Waals surface area contributed by atoms with E-state index in [2.05, 4.69) is 43.3 Å². The average Bonchev–Trinajstić information content (AvgIpc) is 2.67. The molecule has 0 aromatic carbocycles. The average molecular weight is 313 g/mol. The number of aryl methyl sites for hydroxylation is 1. The third-order valence-corrected chi connectivity index (χ3v) is 3.58. The number of aromatic nitrogens is 2. The van der Waals surface area contributed by atoms with E-state index in [0.717, 1.165) is 17.9 Å². The summed E-state index contributed by atoms with van der Waals surface area (Å²) < 4.78 is 13.4. The minimum absolute atomic E-state index is 0. The number of halogens is 1. The summed E-state index contributed by atoms with van der Waals surface area (Å²) in [4.78, 5) is 4.42. The zero-order valence-electron chi connectivity index (χ0n) is 13.5. The predicted molar refractivity (Wildman–Crippen MR) is 88.7 cm³/mol. The molecule has 2 aromatic heterocycles. The highest BCUT2D eigenvalue weighted by Gasteiger charge is 2.16. The van der Waals surface area contributed by atoms with Gasteiger partial charge in [-0.3, -0.25) is 0 Å². The van der Waals surface area contributed by atoms with Crippen LogP contribution in [0.1, 0.15) is 25.1 Å². The molecule has 0 aliphatic heterocycles. The molecule has 2 heterocycles. The SMILES string of the molecule is COCCn1c(C)c(C)c2ccnc(OCC(C)C)c21.Cl. The molecule has 0 atom stereocenters. The van der Waals surface area contributed by atoms with Gasteiger partial charge in [0.05, 0.1) is 13.2 Å². The maximum absolute atomic E-state index is 5.90. The van der Waals surface area contributed by atoms with Crippen molar-refractivity contribution in [3.63, 3.8) is 0 Å². The number of hydrogen-bond acceptors (Lipinski definition) is 3. The van der Waals surface area contributed by atoms with Crippen LogP contribution in [0.3, 0.4) is 0 Å². The molecule has 0 spiro atoms. The smallest absolute Gasteiger partial charge is 0.238 e. The van der Waals surface area contributed by atoms with Gasteiger partial charge in [-0.15, -0.1) is 12.4 Å². The van der Waals surface area contributed by atoms with Crippen LogP contribution in [-0.2, 0) is 11.3 Å². The lowest BCUT2D eigenvalue weighted by Crippen LogP contribution is -2.09. The highest BCUT2D eigenvalue weighted by atomic mass is 35.5. The number of nitrogens with zero attached hydrogens (tertiary/aromatic N) is 2. The second-order valence-corrected chi connectivity index (χ2v) is 5.57. The Balaban J connectivity index is 0.00000220. The maximum Gasteiger partial charge on any atom is 0.238 e. The topological polar surface area (TPSA) is 36.3 Å². The first-order valence-electron chi connectivity index (χ1n) is 7.12. The van der Waals surface area contributed by atoms with Crippen LogP contribution in [0.5, 0.6) is 5.88 Å². The largest absolute Gasteiger partial charge is 0.476 e. The van der Waals surface area contributed by atoms with Gasteiger partial charge in [0.15, 0.2) is 0 Å². The fraction of sp³-hybridized carbons (Fsp3) is 0.562. The van der Waals surface area contributed by atoms with E-state index in [9.17, 15) is 0 Å². The number of rotatable bonds is 6. The fourth-order valence-electron chi connectivity index (χ4n) is 2.38. The van der Waals surface area contributed by atoms with Crippen LogP contribution in [0.4, 0.5) is 0 Å². The molecule has 21 heavy (non-hydrogen) atoms. The van der Waals surface area contributed by atoms with Gasteiger partial charge in [-0.25, -0.2) is 4.98 Å². The van der Waals surface area contributed by atoms with E-state index < -0.39 is 0 Å². The lowest BCUT2D eigenvalue weighted by atomic mass is 10.2. The van der Waals surface area contributed by atoms with Gasteiger partial charge in [0, 0.05) is 30.9 Å². The molecule has 0 saturated heterocycles. The van der Waals surface area contributed by atoms with Gasteiger partial charge < -0.3 is 14.0 Å². The standard InChI is InChI=1S/C16H24N2O2.ClH/c1-11(2)10-20-16-15-14(6-7-17-16)12(3)13(4)18(15)8-9-19-5;/h6-7,11H,8-10H2,1-5H3;1H. The van der Waals surface area contributed by atoms with Crippen LogP contribution in [0.15, 0.2) is 12.3 Å². The van der Waals surface area contributed by atoms with Crippen molar-refractivity contribution in [3.05, 3.63) is 23.5 Å². The molecule has 0 unspecified atom stereocenters. The summed E-state index contributed by atoms with van der Waals surface area (Å²) in [6.07, 6.45) is 1.82. The summed E-state index contributed by atoms with van der Waals surface area (Å²) >= 11 is 0. The van der Waals surface area contributed by atoms with Crippen molar-refractivity contribution in [1.82, 2.24) is 9.55 Å². The molecule has 2 rings (SSSR count). The van der Waals surface area contributed by atoms with Gasteiger partial charge in [-0.1, -0.05) is 13.8 Å². The second-order valence-electron chi connectivity index (χ2n) is 5.57. The third kappa shape index (κ3) is 3.69. The van der Waals surface area contributed by atoms with Crippen LogP contribution in [0.25, 0.3) is 10.9 Å². The summed E-state index contributed by atoms with van der Waals surface area (Å²) in [6.45, 7) is 10.7. The molecule has 0 radical (unpaired) electrons. The second kappa shape index (κ2) is 7.66. The number of methoxy groups -OCH3 is 1. The third-order valence-electron chi connectivity index (χ3n) is 3.58. The van der Waals surface area contributed by atoms with Crippen LogP contribution in [-0.4, -0.2) is 29.9 Å². The van der Waals surface area contributed by atoms with E-state index in [0.29, 0.717) is 19.1 Å². The van der Waals surface area contributed by atoms with Crippen molar-refractivity contribution in [2.45, 2.75) is 34.2 Å². The Morgan fingerprint density at radius 1 is 1.29 bits per heavy atom.